The van der Waals surface area contributed by atoms with Gasteiger partial charge >= 0.3 is 0 Å². The van der Waals surface area contributed by atoms with Gasteiger partial charge in [0.15, 0.2) is 11.0 Å². The predicted octanol–water partition coefficient (Wildman–Crippen LogP) is 1.55. The summed E-state index contributed by atoms with van der Waals surface area (Å²) in [6.45, 7) is 0.586. The molecule has 1 aromatic rings. The second kappa shape index (κ2) is 4.34. The van der Waals surface area contributed by atoms with Gasteiger partial charge in [0, 0.05) is 17.9 Å². The lowest BCUT2D eigenvalue weighted by atomic mass is 10.2. The van der Waals surface area contributed by atoms with Crippen LogP contribution in [-0.4, -0.2) is 29.0 Å². The largest absolute Gasteiger partial charge is 0.293 e. The average Bonchev–Trinajstić information content (AvgIpc) is 2.77. The maximum atomic E-state index is 11.9. The first-order chi connectivity index (χ1) is 7.33. The van der Waals surface area contributed by atoms with Gasteiger partial charge in [0.1, 0.15) is 0 Å². The molecular weight excluding hydrogens is 210 g/mol. The third-order valence-electron chi connectivity index (χ3n) is 2.15. The molecule has 0 unspecified atom stereocenters. The van der Waals surface area contributed by atoms with E-state index in [9.17, 15) is 9.59 Å². The Morgan fingerprint density at radius 1 is 1.33 bits per heavy atom. The molecule has 1 amide bonds. The first-order valence-electron chi connectivity index (χ1n) is 4.58. The lowest BCUT2D eigenvalue weighted by Crippen LogP contribution is -2.26. The fourth-order valence-corrected chi connectivity index (χ4v) is 2.28. The molecule has 1 aliphatic rings. The van der Waals surface area contributed by atoms with Crippen molar-refractivity contribution in [2.45, 2.75) is 0 Å². The fourth-order valence-electron chi connectivity index (χ4n) is 1.43. The molecule has 1 heterocycles. The maximum Gasteiger partial charge on any atom is 0.259 e. The first kappa shape index (κ1) is 10.0. The van der Waals surface area contributed by atoms with Crippen molar-refractivity contribution >= 4 is 23.6 Å². The van der Waals surface area contributed by atoms with Crippen LogP contribution in [0.5, 0.6) is 0 Å². The van der Waals surface area contributed by atoms with E-state index in [2.05, 4.69) is 0 Å². The second-order valence-electron chi connectivity index (χ2n) is 3.08. The maximum absolute atomic E-state index is 11.9. The summed E-state index contributed by atoms with van der Waals surface area (Å²) >= 11 is 1.37. The van der Waals surface area contributed by atoms with E-state index in [4.69, 9.17) is 0 Å². The Morgan fingerprint density at radius 2 is 2.07 bits per heavy atom. The molecule has 0 radical (unpaired) electrons. The quantitative estimate of drug-likeness (QED) is 0.672. The van der Waals surface area contributed by atoms with Gasteiger partial charge in [0.25, 0.3) is 5.91 Å². The smallest absolute Gasteiger partial charge is 0.259 e. The molecule has 76 valence electrons. The molecule has 0 spiro atoms. The molecule has 2 rings (SSSR count). The number of hydrogen-bond donors (Lipinski definition) is 0. The summed E-state index contributed by atoms with van der Waals surface area (Å²) in [5.41, 5.74) is 0.604. The predicted molar refractivity (Wildman–Crippen MR) is 59.1 cm³/mol. The number of benzene rings is 1. The molecule has 0 N–H and O–H groups in total. The van der Waals surface area contributed by atoms with E-state index in [1.807, 2.05) is 6.07 Å². The Kier molecular flexibility index (Phi) is 2.90. The molecule has 15 heavy (non-hydrogen) atoms. The Balaban J connectivity index is 2.26. The van der Waals surface area contributed by atoms with Gasteiger partial charge in [-0.2, -0.15) is 0 Å². The van der Waals surface area contributed by atoms with Gasteiger partial charge in [-0.25, -0.2) is 4.79 Å². The van der Waals surface area contributed by atoms with Crippen molar-refractivity contribution in [3.8, 4) is 0 Å². The molecule has 3 nitrogen and oxygen atoms in total. The van der Waals surface area contributed by atoms with Crippen molar-refractivity contribution in [1.82, 2.24) is 4.90 Å². The van der Waals surface area contributed by atoms with Crippen LogP contribution in [0.3, 0.4) is 0 Å². The van der Waals surface area contributed by atoms with Crippen LogP contribution in [-0.2, 0) is 4.79 Å². The van der Waals surface area contributed by atoms with Crippen molar-refractivity contribution in [2.24, 2.45) is 0 Å². The van der Waals surface area contributed by atoms with E-state index in [-0.39, 0.29) is 5.91 Å². The first-order valence-corrected chi connectivity index (χ1v) is 5.56. The highest BCUT2D eigenvalue weighted by molar-refractivity contribution is 8.03. The zero-order valence-electron chi connectivity index (χ0n) is 7.97. The molecular formula is C11H9NO2S. The highest BCUT2D eigenvalue weighted by atomic mass is 32.2. The van der Waals surface area contributed by atoms with Gasteiger partial charge in [0.2, 0.25) is 0 Å². The number of thioether (sulfide) groups is 1. The van der Waals surface area contributed by atoms with Gasteiger partial charge < -0.3 is 0 Å². The number of hydrogen-bond acceptors (Lipinski definition) is 3. The molecule has 1 aliphatic heterocycles. The average molecular weight is 219 g/mol. The molecule has 1 fully saturated rings. The number of carbonyl (C=O) groups is 1. The third-order valence-corrected chi connectivity index (χ3v) is 3.12. The van der Waals surface area contributed by atoms with Crippen LogP contribution in [0, 0.1) is 0 Å². The molecule has 1 aromatic carbocycles. The molecule has 1 saturated heterocycles. The molecule has 0 aliphatic carbocycles. The minimum absolute atomic E-state index is 0.126. The van der Waals surface area contributed by atoms with E-state index in [0.29, 0.717) is 17.1 Å². The van der Waals surface area contributed by atoms with Crippen LogP contribution in [0.4, 0.5) is 0 Å². The minimum Gasteiger partial charge on any atom is -0.293 e. The molecule has 0 aromatic heterocycles. The summed E-state index contributed by atoms with van der Waals surface area (Å²) in [4.78, 5) is 24.0. The Bertz CT molecular complexity index is 423. The summed E-state index contributed by atoms with van der Waals surface area (Å²) in [6, 6.07) is 8.95. The van der Waals surface area contributed by atoms with Gasteiger partial charge in [-0.05, 0) is 12.1 Å². The standard InChI is InChI=1S/C11H9NO2S/c13-8-10-12(6-7-15-10)11(14)9-4-2-1-3-5-9/h1-5H,6-7H2. The molecule has 0 atom stereocenters. The lowest BCUT2D eigenvalue weighted by Gasteiger charge is -2.13. The Morgan fingerprint density at radius 3 is 2.73 bits per heavy atom. The SMILES string of the molecule is O=C=C1SCCN1C(=O)c1ccccc1. The summed E-state index contributed by atoms with van der Waals surface area (Å²) < 4.78 is 0. The van der Waals surface area contributed by atoms with Crippen molar-refractivity contribution in [3.63, 3.8) is 0 Å². The zero-order chi connectivity index (χ0) is 10.7. The minimum atomic E-state index is -0.126. The van der Waals surface area contributed by atoms with E-state index in [1.54, 1.807) is 30.2 Å². The molecule has 0 bridgehead atoms. The van der Waals surface area contributed by atoms with Crippen molar-refractivity contribution in [2.75, 3.05) is 12.3 Å². The lowest BCUT2D eigenvalue weighted by molar-refractivity contribution is 0.0831. The van der Waals surface area contributed by atoms with Crippen LogP contribution in [0.1, 0.15) is 10.4 Å². The second-order valence-corrected chi connectivity index (χ2v) is 4.16. The van der Waals surface area contributed by atoms with Crippen molar-refractivity contribution < 1.29 is 9.59 Å². The van der Waals surface area contributed by atoms with Crippen LogP contribution in [0.25, 0.3) is 0 Å². The summed E-state index contributed by atoms with van der Waals surface area (Å²) in [5, 5.41) is 0.392. The van der Waals surface area contributed by atoms with Crippen LogP contribution < -0.4 is 0 Å². The summed E-state index contributed by atoms with van der Waals surface area (Å²) in [6.07, 6.45) is 0. The summed E-state index contributed by atoms with van der Waals surface area (Å²) in [7, 11) is 0. The van der Waals surface area contributed by atoms with E-state index in [0.717, 1.165) is 5.75 Å². The van der Waals surface area contributed by atoms with Crippen molar-refractivity contribution in [1.29, 1.82) is 0 Å². The topological polar surface area (TPSA) is 37.4 Å². The molecule has 0 saturated carbocycles. The molecule has 4 heteroatoms. The Labute approximate surface area is 91.8 Å². The van der Waals surface area contributed by atoms with Crippen molar-refractivity contribution in [3.05, 3.63) is 40.9 Å². The van der Waals surface area contributed by atoms with Gasteiger partial charge in [-0.15, -0.1) is 0 Å². The number of nitrogens with zero attached hydrogens (tertiary/aromatic N) is 1. The highest BCUT2D eigenvalue weighted by Gasteiger charge is 2.25. The van der Waals surface area contributed by atoms with Crippen LogP contribution >= 0.6 is 11.8 Å². The van der Waals surface area contributed by atoms with Crippen LogP contribution in [0.2, 0.25) is 0 Å². The normalized spacial score (nSPS) is 15.2. The number of amides is 1. The van der Waals surface area contributed by atoms with E-state index < -0.39 is 0 Å². The van der Waals surface area contributed by atoms with E-state index >= 15 is 0 Å². The fraction of sp³-hybridized carbons (Fsp3) is 0.182. The van der Waals surface area contributed by atoms with Crippen LogP contribution in [0.15, 0.2) is 35.4 Å². The number of rotatable bonds is 1. The highest BCUT2D eigenvalue weighted by Crippen LogP contribution is 2.26. The summed E-state index contributed by atoms with van der Waals surface area (Å²) in [5.74, 6) is 2.44. The Hall–Kier alpha value is -1.51. The third kappa shape index (κ3) is 1.96. The monoisotopic (exact) mass is 219 g/mol. The van der Waals surface area contributed by atoms with E-state index in [1.165, 1.54) is 16.7 Å². The zero-order valence-corrected chi connectivity index (χ0v) is 8.79. The van der Waals surface area contributed by atoms with Gasteiger partial charge in [-0.3, -0.25) is 9.69 Å². The number of carbonyl (C=O) groups excluding carboxylic acids is 2. The van der Waals surface area contributed by atoms with Gasteiger partial charge in [0.05, 0.1) is 0 Å². The van der Waals surface area contributed by atoms with Gasteiger partial charge in [-0.1, -0.05) is 30.0 Å².